The van der Waals surface area contributed by atoms with Crippen LogP contribution < -0.4 is 5.32 Å². The molecule has 0 saturated heterocycles. The van der Waals surface area contributed by atoms with Gasteiger partial charge in [-0.15, -0.1) is 0 Å². The van der Waals surface area contributed by atoms with Crippen LogP contribution in [0.5, 0.6) is 0 Å². The number of carbonyl (C=O) groups excluding carboxylic acids is 1. The molecule has 0 radical (unpaired) electrons. The lowest BCUT2D eigenvalue weighted by molar-refractivity contribution is 0.0934. The van der Waals surface area contributed by atoms with Crippen molar-refractivity contribution in [3.63, 3.8) is 0 Å². The standard InChI is InChI=1S/C26H24Cl2N4O/c1-14(2)24-19(26(33)30-21-12-11-16-7-4-5-8-17(16)21)13-29-25-22(15(3)31-32(24)25)18-9-6-10-20(27)23(18)28/h4-10,13-14,21H,11-12H2,1-3H3,(H,30,33)/t21-/m0/s1. The second kappa shape index (κ2) is 8.47. The molecule has 0 spiro atoms. The smallest absolute Gasteiger partial charge is 0.255 e. The minimum absolute atomic E-state index is 0.00425. The van der Waals surface area contributed by atoms with Gasteiger partial charge in [0.25, 0.3) is 5.91 Å². The summed E-state index contributed by atoms with van der Waals surface area (Å²) < 4.78 is 1.78. The summed E-state index contributed by atoms with van der Waals surface area (Å²) in [6.07, 6.45) is 3.53. The Bertz CT molecular complexity index is 1390. The van der Waals surface area contributed by atoms with Gasteiger partial charge in [0.2, 0.25) is 0 Å². The van der Waals surface area contributed by atoms with Crippen LogP contribution in [0.2, 0.25) is 10.0 Å². The molecule has 2 aromatic heterocycles. The van der Waals surface area contributed by atoms with Gasteiger partial charge in [-0.3, -0.25) is 4.79 Å². The number of rotatable bonds is 4. The van der Waals surface area contributed by atoms with Crippen molar-refractivity contribution in [2.24, 2.45) is 0 Å². The largest absolute Gasteiger partial charge is 0.345 e. The molecule has 2 heterocycles. The molecule has 2 aromatic carbocycles. The summed E-state index contributed by atoms with van der Waals surface area (Å²) >= 11 is 12.8. The highest BCUT2D eigenvalue weighted by Crippen LogP contribution is 2.38. The normalized spacial score (nSPS) is 15.3. The lowest BCUT2D eigenvalue weighted by Gasteiger charge is -2.18. The van der Waals surface area contributed by atoms with Crippen molar-refractivity contribution in [3.8, 4) is 11.1 Å². The number of hydrogen-bond donors (Lipinski definition) is 1. The Morgan fingerprint density at radius 1 is 1.15 bits per heavy atom. The number of halogens is 2. The first-order chi connectivity index (χ1) is 15.9. The van der Waals surface area contributed by atoms with E-state index in [-0.39, 0.29) is 17.9 Å². The van der Waals surface area contributed by atoms with Gasteiger partial charge < -0.3 is 5.32 Å². The van der Waals surface area contributed by atoms with E-state index in [1.54, 1.807) is 16.8 Å². The predicted octanol–water partition coefficient (Wildman–Crippen LogP) is 6.55. The van der Waals surface area contributed by atoms with Gasteiger partial charge in [-0.05, 0) is 42.9 Å². The Labute approximate surface area is 202 Å². The molecular formula is C26H24Cl2N4O. The fraction of sp³-hybridized carbons (Fsp3) is 0.269. The molecule has 1 amide bonds. The van der Waals surface area contributed by atoms with Crippen LogP contribution in [0.15, 0.2) is 48.7 Å². The van der Waals surface area contributed by atoms with Gasteiger partial charge in [0.1, 0.15) is 0 Å². The molecule has 0 unspecified atom stereocenters. The van der Waals surface area contributed by atoms with Crippen LogP contribution >= 0.6 is 23.2 Å². The number of nitrogens with zero attached hydrogens (tertiary/aromatic N) is 3. The van der Waals surface area contributed by atoms with Crippen LogP contribution in [0.3, 0.4) is 0 Å². The van der Waals surface area contributed by atoms with Crippen molar-refractivity contribution < 1.29 is 4.79 Å². The second-order valence-electron chi connectivity index (χ2n) is 8.77. The fourth-order valence-corrected chi connectivity index (χ4v) is 5.19. The third kappa shape index (κ3) is 3.69. The highest BCUT2D eigenvalue weighted by Gasteiger charge is 2.27. The fourth-order valence-electron chi connectivity index (χ4n) is 4.79. The van der Waals surface area contributed by atoms with Gasteiger partial charge in [-0.25, -0.2) is 9.50 Å². The molecule has 1 aliphatic rings. The molecule has 168 valence electrons. The minimum Gasteiger partial charge on any atom is -0.345 e. The maximum absolute atomic E-state index is 13.4. The number of benzene rings is 2. The second-order valence-corrected chi connectivity index (χ2v) is 9.56. The average Bonchev–Trinajstić information content (AvgIpc) is 3.35. The van der Waals surface area contributed by atoms with Crippen molar-refractivity contribution in [2.75, 3.05) is 0 Å². The van der Waals surface area contributed by atoms with Crippen LogP contribution in [-0.4, -0.2) is 20.5 Å². The van der Waals surface area contributed by atoms with Crippen LogP contribution in [0.1, 0.15) is 65.1 Å². The lowest BCUT2D eigenvalue weighted by atomic mass is 10.0. The first-order valence-electron chi connectivity index (χ1n) is 11.1. The van der Waals surface area contributed by atoms with E-state index in [1.165, 1.54) is 11.1 Å². The van der Waals surface area contributed by atoms with Crippen molar-refractivity contribution in [1.29, 1.82) is 0 Å². The first-order valence-corrected chi connectivity index (χ1v) is 11.8. The summed E-state index contributed by atoms with van der Waals surface area (Å²) in [4.78, 5) is 18.1. The van der Waals surface area contributed by atoms with E-state index in [1.807, 2.05) is 31.2 Å². The summed E-state index contributed by atoms with van der Waals surface area (Å²) in [6.45, 7) is 6.03. The van der Waals surface area contributed by atoms with Crippen molar-refractivity contribution in [2.45, 2.75) is 45.6 Å². The van der Waals surface area contributed by atoms with Crippen LogP contribution in [0, 0.1) is 6.92 Å². The van der Waals surface area contributed by atoms with Crippen LogP contribution in [-0.2, 0) is 6.42 Å². The molecule has 1 N–H and O–H groups in total. The van der Waals surface area contributed by atoms with E-state index in [9.17, 15) is 4.79 Å². The van der Waals surface area contributed by atoms with Gasteiger partial charge in [0.15, 0.2) is 5.65 Å². The van der Waals surface area contributed by atoms with Gasteiger partial charge in [0.05, 0.1) is 38.6 Å². The number of aromatic nitrogens is 3. The van der Waals surface area contributed by atoms with Crippen molar-refractivity contribution in [3.05, 3.63) is 86.8 Å². The summed E-state index contributed by atoms with van der Waals surface area (Å²) in [5.41, 5.74) is 6.87. The highest BCUT2D eigenvalue weighted by molar-refractivity contribution is 6.43. The van der Waals surface area contributed by atoms with E-state index >= 15 is 0 Å². The maximum Gasteiger partial charge on any atom is 0.255 e. The molecule has 5 rings (SSSR count). The van der Waals surface area contributed by atoms with E-state index in [2.05, 4.69) is 36.3 Å². The Balaban J connectivity index is 1.59. The Morgan fingerprint density at radius 2 is 1.94 bits per heavy atom. The Hall–Kier alpha value is -2.89. The number of carbonyl (C=O) groups is 1. The zero-order chi connectivity index (χ0) is 23.3. The van der Waals surface area contributed by atoms with E-state index in [4.69, 9.17) is 28.3 Å². The van der Waals surface area contributed by atoms with Crippen LogP contribution in [0.4, 0.5) is 0 Å². The molecule has 1 atom stereocenters. The molecule has 0 saturated carbocycles. The minimum atomic E-state index is -0.134. The molecule has 33 heavy (non-hydrogen) atoms. The number of hydrogen-bond acceptors (Lipinski definition) is 3. The number of nitrogens with one attached hydrogen (secondary N) is 1. The Morgan fingerprint density at radius 3 is 2.73 bits per heavy atom. The quantitative estimate of drug-likeness (QED) is 0.361. The SMILES string of the molecule is Cc1nn2c(C(C)C)c(C(=O)N[C@H]3CCc4ccccc43)cnc2c1-c1cccc(Cl)c1Cl. The highest BCUT2D eigenvalue weighted by atomic mass is 35.5. The molecule has 0 bridgehead atoms. The van der Waals surface area contributed by atoms with E-state index in [0.717, 1.165) is 35.4 Å². The topological polar surface area (TPSA) is 59.3 Å². The molecule has 4 aromatic rings. The maximum atomic E-state index is 13.4. The molecule has 7 heteroatoms. The summed E-state index contributed by atoms with van der Waals surface area (Å²) in [5, 5.41) is 8.93. The third-order valence-corrected chi connectivity index (χ3v) is 7.13. The van der Waals surface area contributed by atoms with Crippen molar-refractivity contribution >= 4 is 34.8 Å². The zero-order valence-electron chi connectivity index (χ0n) is 18.7. The molecule has 0 fully saturated rings. The predicted molar refractivity (Wildman–Crippen MR) is 132 cm³/mol. The van der Waals surface area contributed by atoms with Crippen LogP contribution in [0.25, 0.3) is 16.8 Å². The van der Waals surface area contributed by atoms with E-state index in [0.29, 0.717) is 21.3 Å². The third-order valence-electron chi connectivity index (χ3n) is 6.31. The molecular weight excluding hydrogens is 455 g/mol. The molecule has 1 aliphatic carbocycles. The average molecular weight is 479 g/mol. The van der Waals surface area contributed by atoms with Gasteiger partial charge >= 0.3 is 0 Å². The molecule has 5 nitrogen and oxygen atoms in total. The number of fused-ring (bicyclic) bond motifs is 2. The lowest BCUT2D eigenvalue weighted by Crippen LogP contribution is -2.29. The van der Waals surface area contributed by atoms with Gasteiger partial charge in [-0.2, -0.15) is 5.10 Å². The number of amides is 1. The first kappa shape index (κ1) is 21.9. The number of aryl methyl sites for hydroxylation is 2. The van der Waals surface area contributed by atoms with E-state index < -0.39 is 0 Å². The monoisotopic (exact) mass is 478 g/mol. The summed E-state index contributed by atoms with van der Waals surface area (Å²) in [6, 6.07) is 13.8. The van der Waals surface area contributed by atoms with Gasteiger partial charge in [-0.1, -0.05) is 73.4 Å². The summed E-state index contributed by atoms with van der Waals surface area (Å²) in [5.74, 6) is -0.0839. The Kier molecular flexibility index (Phi) is 5.63. The van der Waals surface area contributed by atoms with Crippen molar-refractivity contribution in [1.82, 2.24) is 19.9 Å². The molecule has 0 aliphatic heterocycles. The zero-order valence-corrected chi connectivity index (χ0v) is 20.2. The van der Waals surface area contributed by atoms with Gasteiger partial charge in [0, 0.05) is 11.8 Å². The summed E-state index contributed by atoms with van der Waals surface area (Å²) in [7, 11) is 0.